The number of fused-ring (bicyclic) bond motifs is 1. The summed E-state index contributed by atoms with van der Waals surface area (Å²) in [6.07, 6.45) is 0. The van der Waals surface area contributed by atoms with E-state index in [1.807, 2.05) is 38.1 Å². The number of aromatic nitrogens is 2. The number of urea groups is 1. The molecule has 6 nitrogen and oxygen atoms in total. The Bertz CT molecular complexity index is 605. The van der Waals surface area contributed by atoms with Crippen molar-refractivity contribution in [3.8, 4) is 0 Å². The predicted octanol–water partition coefficient (Wildman–Crippen LogP) is 1.87. The first-order chi connectivity index (χ1) is 9.47. The lowest BCUT2D eigenvalue weighted by atomic mass is 10.1. The summed E-state index contributed by atoms with van der Waals surface area (Å²) in [6, 6.07) is 6.78. The molecule has 2 rings (SSSR count). The number of imide groups is 1. The monoisotopic (exact) mass is 292 g/mol. The number of thioether (sulfide) groups is 1. The number of carbonyl (C=O) groups is 2. The van der Waals surface area contributed by atoms with Gasteiger partial charge in [0.25, 0.3) is 0 Å². The molecular weight excluding hydrogens is 276 g/mol. The van der Waals surface area contributed by atoms with Gasteiger partial charge in [-0.3, -0.25) is 10.1 Å². The molecule has 4 N–H and O–H groups in total. The van der Waals surface area contributed by atoms with E-state index >= 15 is 0 Å². The van der Waals surface area contributed by atoms with Gasteiger partial charge in [-0.05, 0) is 18.1 Å². The van der Waals surface area contributed by atoms with Gasteiger partial charge in [0.1, 0.15) is 0 Å². The molecule has 1 aromatic heterocycles. The molecule has 0 bridgehead atoms. The third-order valence-electron chi connectivity index (χ3n) is 2.72. The smallest absolute Gasteiger partial charge is 0.318 e. The van der Waals surface area contributed by atoms with Crippen molar-refractivity contribution in [3.63, 3.8) is 0 Å². The molecular formula is C13H16N4O2S. The van der Waals surface area contributed by atoms with Gasteiger partial charge in [-0.1, -0.05) is 37.7 Å². The van der Waals surface area contributed by atoms with E-state index in [2.05, 4.69) is 15.3 Å². The van der Waals surface area contributed by atoms with Gasteiger partial charge in [-0.2, -0.15) is 0 Å². The average molecular weight is 292 g/mol. The second kappa shape index (κ2) is 5.96. The van der Waals surface area contributed by atoms with Gasteiger partial charge in [-0.25, -0.2) is 9.78 Å². The third-order valence-corrected chi connectivity index (χ3v) is 4.15. The van der Waals surface area contributed by atoms with Crippen molar-refractivity contribution in [2.45, 2.75) is 24.3 Å². The fourth-order valence-corrected chi connectivity index (χ4v) is 2.79. The van der Waals surface area contributed by atoms with Crippen LogP contribution in [0.2, 0.25) is 0 Å². The molecule has 20 heavy (non-hydrogen) atoms. The largest absolute Gasteiger partial charge is 0.351 e. The van der Waals surface area contributed by atoms with E-state index < -0.39 is 17.2 Å². The number of primary amides is 1. The van der Waals surface area contributed by atoms with Gasteiger partial charge in [0.05, 0.1) is 16.3 Å². The fourth-order valence-electron chi connectivity index (χ4n) is 1.79. The summed E-state index contributed by atoms with van der Waals surface area (Å²) in [7, 11) is 0. The van der Waals surface area contributed by atoms with Gasteiger partial charge in [0, 0.05) is 0 Å². The number of nitrogens with zero attached hydrogens (tertiary/aromatic N) is 1. The number of benzene rings is 1. The maximum absolute atomic E-state index is 11.9. The lowest BCUT2D eigenvalue weighted by molar-refractivity contribution is -0.120. The van der Waals surface area contributed by atoms with Crippen LogP contribution in [0.3, 0.4) is 0 Å². The van der Waals surface area contributed by atoms with Crippen LogP contribution in [0, 0.1) is 5.92 Å². The van der Waals surface area contributed by atoms with Crippen LogP contribution in [0.1, 0.15) is 13.8 Å². The van der Waals surface area contributed by atoms with Crippen LogP contribution in [0.4, 0.5) is 4.79 Å². The maximum Gasteiger partial charge on any atom is 0.318 e. The molecule has 0 unspecified atom stereocenters. The van der Waals surface area contributed by atoms with E-state index in [4.69, 9.17) is 5.73 Å². The highest BCUT2D eigenvalue weighted by molar-refractivity contribution is 8.00. The fraction of sp³-hybridized carbons (Fsp3) is 0.308. The Morgan fingerprint density at radius 1 is 1.35 bits per heavy atom. The summed E-state index contributed by atoms with van der Waals surface area (Å²) in [6.45, 7) is 3.81. The summed E-state index contributed by atoms with van der Waals surface area (Å²) in [5, 5.41) is 2.32. The van der Waals surface area contributed by atoms with Crippen molar-refractivity contribution in [1.82, 2.24) is 15.3 Å². The average Bonchev–Trinajstić information content (AvgIpc) is 2.76. The normalized spacial score (nSPS) is 12.6. The number of para-hydroxylation sites is 2. The van der Waals surface area contributed by atoms with Crippen molar-refractivity contribution in [2.24, 2.45) is 11.7 Å². The second-order valence-electron chi connectivity index (χ2n) is 4.70. The molecule has 2 aromatic rings. The molecule has 106 valence electrons. The first-order valence-corrected chi connectivity index (χ1v) is 7.07. The van der Waals surface area contributed by atoms with Crippen molar-refractivity contribution in [2.75, 3.05) is 0 Å². The van der Waals surface area contributed by atoms with E-state index in [1.54, 1.807) is 0 Å². The minimum Gasteiger partial charge on any atom is -0.351 e. The van der Waals surface area contributed by atoms with Crippen LogP contribution in [0.15, 0.2) is 29.4 Å². The Morgan fingerprint density at radius 2 is 2.05 bits per heavy atom. The Kier molecular flexibility index (Phi) is 4.29. The van der Waals surface area contributed by atoms with Crippen molar-refractivity contribution in [1.29, 1.82) is 0 Å². The van der Waals surface area contributed by atoms with Gasteiger partial charge in [0.2, 0.25) is 5.91 Å². The first-order valence-electron chi connectivity index (χ1n) is 6.19. The molecule has 0 aliphatic rings. The minimum atomic E-state index is -0.842. The first kappa shape index (κ1) is 14.4. The summed E-state index contributed by atoms with van der Waals surface area (Å²) >= 11 is 1.29. The number of H-pyrrole nitrogens is 1. The summed E-state index contributed by atoms with van der Waals surface area (Å²) in [5.41, 5.74) is 6.73. The van der Waals surface area contributed by atoms with Gasteiger partial charge in [-0.15, -0.1) is 0 Å². The predicted molar refractivity (Wildman–Crippen MR) is 78.3 cm³/mol. The molecule has 0 radical (unpaired) electrons. The zero-order chi connectivity index (χ0) is 14.7. The number of hydrogen-bond acceptors (Lipinski definition) is 4. The number of nitrogens with one attached hydrogen (secondary N) is 2. The SMILES string of the molecule is CC(C)[C@@H](Sc1nc2ccccc2[nH]1)C(=O)NC(N)=O. The molecule has 0 fully saturated rings. The van der Waals surface area contributed by atoms with Crippen molar-refractivity contribution < 1.29 is 9.59 Å². The lowest BCUT2D eigenvalue weighted by Crippen LogP contribution is -2.42. The molecule has 1 atom stereocenters. The summed E-state index contributed by atoms with van der Waals surface area (Å²) in [5.74, 6) is -0.370. The van der Waals surface area contributed by atoms with E-state index in [0.717, 1.165) is 11.0 Å². The molecule has 0 aliphatic carbocycles. The van der Waals surface area contributed by atoms with Crippen LogP contribution in [-0.2, 0) is 4.79 Å². The number of imidazole rings is 1. The highest BCUT2D eigenvalue weighted by Gasteiger charge is 2.25. The number of carbonyl (C=O) groups excluding carboxylic acids is 2. The van der Waals surface area contributed by atoms with E-state index in [-0.39, 0.29) is 5.92 Å². The van der Waals surface area contributed by atoms with E-state index in [9.17, 15) is 9.59 Å². The third kappa shape index (κ3) is 3.30. The molecule has 0 aliphatic heterocycles. The molecule has 0 spiro atoms. The minimum absolute atomic E-state index is 0.0348. The second-order valence-corrected chi connectivity index (χ2v) is 5.83. The quantitative estimate of drug-likeness (QED) is 0.749. The van der Waals surface area contributed by atoms with Gasteiger partial charge in [0.15, 0.2) is 5.16 Å². The van der Waals surface area contributed by atoms with Crippen LogP contribution >= 0.6 is 11.8 Å². The standard InChI is InChI=1S/C13H16N4O2S/c1-7(2)10(11(18)17-12(14)19)20-13-15-8-5-3-4-6-9(8)16-13/h3-7,10H,1-2H3,(H,15,16)(H3,14,17,18,19)/t10-/m1/s1. The molecule has 3 amide bonds. The zero-order valence-corrected chi connectivity index (χ0v) is 12.0. The highest BCUT2D eigenvalue weighted by atomic mass is 32.2. The van der Waals surface area contributed by atoms with E-state index in [0.29, 0.717) is 5.16 Å². The number of aromatic amines is 1. The molecule has 1 aromatic carbocycles. The molecule has 0 saturated heterocycles. The summed E-state index contributed by atoms with van der Waals surface area (Å²) in [4.78, 5) is 30.3. The number of nitrogens with two attached hydrogens (primary N) is 1. The van der Waals surface area contributed by atoms with Crippen molar-refractivity contribution >= 4 is 34.7 Å². The zero-order valence-electron chi connectivity index (χ0n) is 11.2. The Labute approximate surface area is 120 Å². The highest BCUT2D eigenvalue weighted by Crippen LogP contribution is 2.27. The number of amides is 3. The van der Waals surface area contributed by atoms with E-state index in [1.165, 1.54) is 11.8 Å². The molecule has 7 heteroatoms. The molecule has 0 saturated carbocycles. The van der Waals surface area contributed by atoms with Gasteiger partial charge >= 0.3 is 6.03 Å². The Morgan fingerprint density at radius 3 is 2.65 bits per heavy atom. The van der Waals surface area contributed by atoms with Crippen LogP contribution in [0.5, 0.6) is 0 Å². The summed E-state index contributed by atoms with van der Waals surface area (Å²) < 4.78 is 0. The van der Waals surface area contributed by atoms with Gasteiger partial charge < -0.3 is 10.7 Å². The number of rotatable bonds is 4. The van der Waals surface area contributed by atoms with Crippen LogP contribution < -0.4 is 11.1 Å². The number of hydrogen-bond donors (Lipinski definition) is 3. The maximum atomic E-state index is 11.9. The lowest BCUT2D eigenvalue weighted by Gasteiger charge is -2.17. The van der Waals surface area contributed by atoms with Crippen molar-refractivity contribution in [3.05, 3.63) is 24.3 Å². The van der Waals surface area contributed by atoms with Crippen LogP contribution in [-0.4, -0.2) is 27.2 Å². The Balaban J connectivity index is 2.19. The molecule has 1 heterocycles. The van der Waals surface area contributed by atoms with Crippen LogP contribution in [0.25, 0.3) is 11.0 Å². The topological polar surface area (TPSA) is 101 Å². The Hall–Kier alpha value is -2.02.